The Morgan fingerprint density at radius 1 is 1.19 bits per heavy atom. The lowest BCUT2D eigenvalue weighted by Crippen LogP contribution is -2.19. The third kappa shape index (κ3) is 2.82. The van der Waals surface area contributed by atoms with Crippen LogP contribution < -0.4 is 0 Å². The number of nitrogens with zero attached hydrogens (tertiary/aromatic N) is 2. The molecule has 1 aliphatic heterocycles. The molecule has 2 heteroatoms. The largest absolute Gasteiger partial charge is 0.299 e. The summed E-state index contributed by atoms with van der Waals surface area (Å²) in [6.45, 7) is 10.2. The minimum atomic E-state index is 0.159. The van der Waals surface area contributed by atoms with E-state index in [0.29, 0.717) is 0 Å². The van der Waals surface area contributed by atoms with Gasteiger partial charge in [-0.15, -0.1) is 0 Å². The van der Waals surface area contributed by atoms with Crippen LogP contribution in [0.15, 0.2) is 18.3 Å². The van der Waals surface area contributed by atoms with E-state index < -0.39 is 0 Å². The Kier molecular flexibility index (Phi) is 3.29. The van der Waals surface area contributed by atoms with E-state index in [1.807, 2.05) is 6.20 Å². The van der Waals surface area contributed by atoms with Crippen molar-refractivity contribution >= 4 is 0 Å². The Morgan fingerprint density at radius 3 is 2.38 bits per heavy atom. The van der Waals surface area contributed by atoms with Crippen molar-refractivity contribution in [1.29, 1.82) is 0 Å². The molecule has 1 saturated heterocycles. The number of hydrogen-bond donors (Lipinski definition) is 0. The van der Waals surface area contributed by atoms with Gasteiger partial charge in [-0.1, -0.05) is 26.8 Å². The van der Waals surface area contributed by atoms with E-state index in [-0.39, 0.29) is 5.41 Å². The third-order valence-corrected chi connectivity index (χ3v) is 3.20. The molecular weight excluding hydrogens is 196 g/mol. The topological polar surface area (TPSA) is 16.1 Å². The fourth-order valence-corrected chi connectivity index (χ4v) is 2.16. The molecular formula is C14H22N2. The van der Waals surface area contributed by atoms with Crippen LogP contribution in [0.4, 0.5) is 0 Å². The van der Waals surface area contributed by atoms with Crippen molar-refractivity contribution < 1.29 is 0 Å². The molecule has 0 N–H and O–H groups in total. The van der Waals surface area contributed by atoms with Gasteiger partial charge in [-0.25, -0.2) is 0 Å². The van der Waals surface area contributed by atoms with Crippen LogP contribution in [-0.2, 0) is 12.0 Å². The summed E-state index contributed by atoms with van der Waals surface area (Å²) in [5.41, 5.74) is 2.68. The Hall–Kier alpha value is -0.890. The van der Waals surface area contributed by atoms with Gasteiger partial charge in [-0.2, -0.15) is 0 Å². The lowest BCUT2D eigenvalue weighted by Gasteiger charge is -2.19. The maximum Gasteiger partial charge on any atom is 0.0457 e. The number of pyridine rings is 1. The van der Waals surface area contributed by atoms with Crippen molar-refractivity contribution in [2.75, 3.05) is 13.1 Å². The highest BCUT2D eigenvalue weighted by molar-refractivity contribution is 5.19. The second-order valence-electron chi connectivity index (χ2n) is 5.78. The van der Waals surface area contributed by atoms with Crippen molar-refractivity contribution in [3.8, 4) is 0 Å². The van der Waals surface area contributed by atoms with E-state index in [2.05, 4.69) is 42.8 Å². The average molecular weight is 218 g/mol. The summed E-state index contributed by atoms with van der Waals surface area (Å²) in [4.78, 5) is 7.07. The molecule has 88 valence electrons. The Bertz CT molecular complexity index is 329. The fraction of sp³-hybridized carbons (Fsp3) is 0.643. The average Bonchev–Trinajstić information content (AvgIpc) is 2.70. The second kappa shape index (κ2) is 4.54. The molecule has 0 radical (unpaired) electrons. The first-order chi connectivity index (χ1) is 7.55. The summed E-state index contributed by atoms with van der Waals surface area (Å²) < 4.78 is 0. The van der Waals surface area contributed by atoms with Crippen LogP contribution in [0.2, 0.25) is 0 Å². The molecule has 16 heavy (non-hydrogen) atoms. The van der Waals surface area contributed by atoms with E-state index in [1.165, 1.54) is 37.2 Å². The van der Waals surface area contributed by atoms with E-state index in [1.54, 1.807) is 0 Å². The number of likely N-dealkylation sites (tertiary alicyclic amines) is 1. The van der Waals surface area contributed by atoms with Crippen LogP contribution >= 0.6 is 0 Å². The molecule has 0 aromatic carbocycles. The molecule has 1 aliphatic rings. The lowest BCUT2D eigenvalue weighted by atomic mass is 9.91. The molecule has 2 heterocycles. The van der Waals surface area contributed by atoms with Crippen LogP contribution in [0, 0.1) is 0 Å². The number of hydrogen-bond acceptors (Lipinski definition) is 2. The minimum absolute atomic E-state index is 0.159. The smallest absolute Gasteiger partial charge is 0.0457 e. The van der Waals surface area contributed by atoms with Gasteiger partial charge in [0.15, 0.2) is 0 Å². The second-order valence-corrected chi connectivity index (χ2v) is 5.78. The molecule has 0 atom stereocenters. The first-order valence-corrected chi connectivity index (χ1v) is 6.23. The van der Waals surface area contributed by atoms with Crippen LogP contribution in [-0.4, -0.2) is 23.0 Å². The first kappa shape index (κ1) is 11.6. The normalized spacial score (nSPS) is 17.9. The van der Waals surface area contributed by atoms with Gasteiger partial charge in [-0.05, 0) is 37.6 Å². The van der Waals surface area contributed by atoms with Gasteiger partial charge >= 0.3 is 0 Å². The van der Waals surface area contributed by atoms with Gasteiger partial charge in [-0.3, -0.25) is 9.88 Å². The molecule has 0 spiro atoms. The predicted octanol–water partition coefficient (Wildman–Crippen LogP) is 2.97. The van der Waals surface area contributed by atoms with Crippen molar-refractivity contribution in [2.45, 2.75) is 45.6 Å². The molecule has 0 saturated carbocycles. The highest BCUT2D eigenvalue weighted by Crippen LogP contribution is 2.20. The van der Waals surface area contributed by atoms with E-state index in [9.17, 15) is 0 Å². The summed E-state index contributed by atoms with van der Waals surface area (Å²) in [7, 11) is 0. The van der Waals surface area contributed by atoms with E-state index >= 15 is 0 Å². The van der Waals surface area contributed by atoms with Crippen molar-refractivity contribution in [2.24, 2.45) is 0 Å². The zero-order valence-corrected chi connectivity index (χ0v) is 10.7. The standard InChI is InChI=1S/C14H22N2/c1-14(2,3)13-7-6-12(10-15-13)11-16-8-4-5-9-16/h6-7,10H,4-5,8-9,11H2,1-3H3. The zero-order valence-electron chi connectivity index (χ0n) is 10.7. The zero-order chi connectivity index (χ0) is 11.6. The quantitative estimate of drug-likeness (QED) is 0.758. The monoisotopic (exact) mass is 218 g/mol. The molecule has 0 bridgehead atoms. The molecule has 2 rings (SSSR count). The third-order valence-electron chi connectivity index (χ3n) is 3.20. The van der Waals surface area contributed by atoms with Gasteiger partial charge in [0, 0.05) is 23.9 Å². The van der Waals surface area contributed by atoms with Gasteiger partial charge in [0.2, 0.25) is 0 Å². The molecule has 0 amide bonds. The molecule has 2 nitrogen and oxygen atoms in total. The summed E-state index contributed by atoms with van der Waals surface area (Å²) in [6.07, 6.45) is 4.75. The van der Waals surface area contributed by atoms with Crippen LogP contribution in [0.1, 0.15) is 44.9 Å². The van der Waals surface area contributed by atoms with E-state index in [4.69, 9.17) is 0 Å². The molecule has 0 aliphatic carbocycles. The van der Waals surface area contributed by atoms with Gasteiger partial charge in [0.25, 0.3) is 0 Å². The lowest BCUT2D eigenvalue weighted by molar-refractivity contribution is 0.331. The number of aromatic nitrogens is 1. The maximum absolute atomic E-state index is 4.57. The summed E-state index contributed by atoms with van der Waals surface area (Å²) >= 11 is 0. The minimum Gasteiger partial charge on any atom is -0.299 e. The Labute approximate surface area is 98.7 Å². The first-order valence-electron chi connectivity index (χ1n) is 6.23. The fourth-order valence-electron chi connectivity index (χ4n) is 2.16. The predicted molar refractivity (Wildman–Crippen MR) is 67.4 cm³/mol. The molecule has 0 unspecified atom stereocenters. The van der Waals surface area contributed by atoms with Crippen LogP contribution in [0.5, 0.6) is 0 Å². The summed E-state index contributed by atoms with van der Waals surface area (Å²) in [5, 5.41) is 0. The van der Waals surface area contributed by atoms with Crippen molar-refractivity contribution in [3.63, 3.8) is 0 Å². The highest BCUT2D eigenvalue weighted by atomic mass is 15.1. The van der Waals surface area contributed by atoms with Crippen LogP contribution in [0.25, 0.3) is 0 Å². The summed E-state index contributed by atoms with van der Waals surface area (Å²) in [5.74, 6) is 0. The number of rotatable bonds is 2. The van der Waals surface area contributed by atoms with Crippen LogP contribution in [0.3, 0.4) is 0 Å². The molecule has 1 aromatic heterocycles. The Balaban J connectivity index is 2.01. The maximum atomic E-state index is 4.57. The molecule has 1 fully saturated rings. The van der Waals surface area contributed by atoms with Crippen molar-refractivity contribution in [1.82, 2.24) is 9.88 Å². The summed E-state index contributed by atoms with van der Waals surface area (Å²) in [6, 6.07) is 4.40. The van der Waals surface area contributed by atoms with Gasteiger partial charge in [0.1, 0.15) is 0 Å². The SMILES string of the molecule is CC(C)(C)c1ccc(CN2CCCC2)cn1. The van der Waals surface area contributed by atoms with Gasteiger partial charge < -0.3 is 0 Å². The van der Waals surface area contributed by atoms with Crippen molar-refractivity contribution in [3.05, 3.63) is 29.6 Å². The van der Waals surface area contributed by atoms with E-state index in [0.717, 1.165) is 6.54 Å². The van der Waals surface area contributed by atoms with Gasteiger partial charge in [0.05, 0.1) is 0 Å². The molecule has 1 aromatic rings. The Morgan fingerprint density at radius 2 is 1.88 bits per heavy atom. The highest BCUT2D eigenvalue weighted by Gasteiger charge is 2.16.